The van der Waals surface area contributed by atoms with Crippen molar-refractivity contribution < 1.29 is 9.18 Å². The first-order chi connectivity index (χ1) is 12.0. The van der Waals surface area contributed by atoms with Gasteiger partial charge in [-0.05, 0) is 42.8 Å². The number of hydrogen-bond donors (Lipinski definition) is 1. The van der Waals surface area contributed by atoms with Crippen molar-refractivity contribution in [2.75, 3.05) is 5.32 Å². The summed E-state index contributed by atoms with van der Waals surface area (Å²) in [6.07, 6.45) is 0.355. The first kappa shape index (κ1) is 16.8. The fourth-order valence-electron chi connectivity index (χ4n) is 2.66. The molecule has 1 heterocycles. The number of fused-ring (bicyclic) bond motifs is 1. The highest BCUT2D eigenvalue weighted by atomic mass is 19.1. The maximum absolute atomic E-state index is 13.4. The second-order valence-corrected chi connectivity index (χ2v) is 5.81. The van der Waals surface area contributed by atoms with E-state index in [9.17, 15) is 14.0 Å². The third kappa shape index (κ3) is 3.57. The van der Waals surface area contributed by atoms with Crippen molar-refractivity contribution in [3.05, 3.63) is 70.0 Å². The number of rotatable bonds is 4. The minimum Gasteiger partial charge on any atom is -0.326 e. The molecular formula is C19H18FN3O2. The van der Waals surface area contributed by atoms with E-state index in [1.54, 1.807) is 44.2 Å². The fraction of sp³-hybridized carbons (Fsp3) is 0.211. The van der Waals surface area contributed by atoms with Crippen LogP contribution in [0.15, 0.2) is 47.3 Å². The Morgan fingerprint density at radius 1 is 1.24 bits per heavy atom. The Balaban J connectivity index is 2.06. The van der Waals surface area contributed by atoms with Gasteiger partial charge in [-0.2, -0.15) is 0 Å². The summed E-state index contributed by atoms with van der Waals surface area (Å²) in [6, 6.07) is 11.2. The van der Waals surface area contributed by atoms with Crippen LogP contribution in [0, 0.1) is 12.7 Å². The van der Waals surface area contributed by atoms with Crippen molar-refractivity contribution in [1.82, 2.24) is 9.55 Å². The van der Waals surface area contributed by atoms with E-state index in [1.165, 1.54) is 16.7 Å². The maximum Gasteiger partial charge on any atom is 0.261 e. The quantitative estimate of drug-likeness (QED) is 0.794. The molecule has 0 spiro atoms. The van der Waals surface area contributed by atoms with Crippen LogP contribution in [0.3, 0.4) is 0 Å². The minimum absolute atomic E-state index is 0.125. The summed E-state index contributed by atoms with van der Waals surface area (Å²) >= 11 is 0. The van der Waals surface area contributed by atoms with Crippen LogP contribution in [0.25, 0.3) is 10.9 Å². The average Bonchev–Trinajstić information content (AvgIpc) is 2.59. The van der Waals surface area contributed by atoms with Gasteiger partial charge in [-0.1, -0.05) is 19.1 Å². The number of halogens is 1. The van der Waals surface area contributed by atoms with Gasteiger partial charge in [0.1, 0.15) is 11.6 Å². The molecule has 3 aromatic rings. The van der Waals surface area contributed by atoms with Crippen molar-refractivity contribution in [3.8, 4) is 0 Å². The highest BCUT2D eigenvalue weighted by Crippen LogP contribution is 2.16. The molecule has 5 nitrogen and oxygen atoms in total. The number of carbonyl (C=O) groups is 1. The van der Waals surface area contributed by atoms with Gasteiger partial charge in [0.25, 0.3) is 5.56 Å². The number of aromatic nitrogens is 2. The standard InChI is InChI=1S/C19H18FN3O2/c1-3-18(24)22-15-7-8-17-16(10-15)19(25)23(12(2)21-17)11-13-5-4-6-14(20)9-13/h4-10H,3,11H2,1-2H3,(H,22,24). The lowest BCUT2D eigenvalue weighted by Gasteiger charge is -2.12. The van der Waals surface area contributed by atoms with E-state index < -0.39 is 0 Å². The molecule has 1 aromatic heterocycles. The van der Waals surface area contributed by atoms with Gasteiger partial charge in [0.05, 0.1) is 17.4 Å². The molecule has 25 heavy (non-hydrogen) atoms. The van der Waals surface area contributed by atoms with E-state index in [-0.39, 0.29) is 23.8 Å². The average molecular weight is 339 g/mol. The number of anilines is 1. The zero-order chi connectivity index (χ0) is 18.0. The minimum atomic E-state index is -0.346. The lowest BCUT2D eigenvalue weighted by Crippen LogP contribution is -2.24. The molecule has 0 aliphatic rings. The zero-order valence-electron chi connectivity index (χ0n) is 14.0. The monoisotopic (exact) mass is 339 g/mol. The van der Waals surface area contributed by atoms with Gasteiger partial charge < -0.3 is 5.32 Å². The summed E-state index contributed by atoms with van der Waals surface area (Å²) in [5.74, 6) is 0.0770. The summed E-state index contributed by atoms with van der Waals surface area (Å²) in [4.78, 5) is 28.9. The van der Waals surface area contributed by atoms with Crippen molar-refractivity contribution in [1.29, 1.82) is 0 Å². The Bertz CT molecular complexity index is 1010. The lowest BCUT2D eigenvalue weighted by molar-refractivity contribution is -0.115. The summed E-state index contributed by atoms with van der Waals surface area (Å²) < 4.78 is 14.9. The van der Waals surface area contributed by atoms with Gasteiger partial charge >= 0.3 is 0 Å². The molecule has 0 bridgehead atoms. The molecular weight excluding hydrogens is 321 g/mol. The summed E-state index contributed by atoms with van der Waals surface area (Å²) in [5.41, 5.74) is 1.58. The molecule has 0 aliphatic carbocycles. The van der Waals surface area contributed by atoms with Crippen LogP contribution in [0.5, 0.6) is 0 Å². The molecule has 0 unspecified atom stereocenters. The molecule has 1 amide bonds. The second kappa shape index (κ2) is 6.84. The number of hydrogen-bond acceptors (Lipinski definition) is 3. The largest absolute Gasteiger partial charge is 0.326 e. The molecule has 1 N–H and O–H groups in total. The van der Waals surface area contributed by atoms with Crippen molar-refractivity contribution in [3.63, 3.8) is 0 Å². The third-order valence-electron chi connectivity index (χ3n) is 3.98. The SMILES string of the molecule is CCC(=O)Nc1ccc2nc(C)n(Cc3cccc(F)c3)c(=O)c2c1. The number of carbonyl (C=O) groups excluding carboxylic acids is 1. The van der Waals surface area contributed by atoms with Gasteiger partial charge in [0.2, 0.25) is 5.91 Å². The highest BCUT2D eigenvalue weighted by Gasteiger charge is 2.10. The van der Waals surface area contributed by atoms with Gasteiger partial charge in [-0.25, -0.2) is 9.37 Å². The zero-order valence-corrected chi connectivity index (χ0v) is 14.0. The number of benzene rings is 2. The Labute approximate surface area is 144 Å². The third-order valence-corrected chi connectivity index (χ3v) is 3.98. The van der Waals surface area contributed by atoms with E-state index in [0.717, 1.165) is 0 Å². The number of amides is 1. The summed E-state index contributed by atoms with van der Waals surface area (Å²) in [5, 5.41) is 3.15. The van der Waals surface area contributed by atoms with Crippen LogP contribution in [-0.2, 0) is 11.3 Å². The molecule has 0 saturated heterocycles. The van der Waals surface area contributed by atoms with E-state index in [2.05, 4.69) is 10.3 Å². The van der Waals surface area contributed by atoms with Crippen LogP contribution < -0.4 is 10.9 Å². The van der Waals surface area contributed by atoms with Gasteiger partial charge in [-0.3, -0.25) is 14.2 Å². The number of nitrogens with zero attached hydrogens (tertiary/aromatic N) is 2. The van der Waals surface area contributed by atoms with Gasteiger partial charge in [-0.15, -0.1) is 0 Å². The predicted octanol–water partition coefficient (Wildman–Crippen LogP) is 3.24. The molecule has 2 aromatic carbocycles. The number of aryl methyl sites for hydroxylation is 1. The summed E-state index contributed by atoms with van der Waals surface area (Å²) in [6.45, 7) is 3.73. The normalized spacial score (nSPS) is 10.8. The van der Waals surface area contributed by atoms with E-state index >= 15 is 0 Å². The molecule has 0 saturated carbocycles. The van der Waals surface area contributed by atoms with Crippen LogP contribution in [0.2, 0.25) is 0 Å². The Morgan fingerprint density at radius 3 is 2.76 bits per heavy atom. The molecule has 3 rings (SSSR count). The van der Waals surface area contributed by atoms with Gasteiger partial charge in [0.15, 0.2) is 0 Å². The smallest absolute Gasteiger partial charge is 0.261 e. The first-order valence-corrected chi connectivity index (χ1v) is 8.03. The van der Waals surface area contributed by atoms with Gasteiger partial charge in [0, 0.05) is 12.1 Å². The highest BCUT2D eigenvalue weighted by molar-refractivity contribution is 5.93. The van der Waals surface area contributed by atoms with E-state index in [1.807, 2.05) is 0 Å². The predicted molar refractivity (Wildman–Crippen MR) is 95.2 cm³/mol. The molecule has 0 aliphatic heterocycles. The maximum atomic E-state index is 13.4. The molecule has 0 atom stereocenters. The van der Waals surface area contributed by atoms with Crippen LogP contribution >= 0.6 is 0 Å². The molecule has 0 fully saturated rings. The van der Waals surface area contributed by atoms with Crippen LogP contribution in [0.1, 0.15) is 24.7 Å². The Hall–Kier alpha value is -3.02. The molecule has 6 heteroatoms. The van der Waals surface area contributed by atoms with Crippen molar-refractivity contribution in [2.24, 2.45) is 0 Å². The fourth-order valence-corrected chi connectivity index (χ4v) is 2.66. The Morgan fingerprint density at radius 2 is 2.04 bits per heavy atom. The first-order valence-electron chi connectivity index (χ1n) is 8.03. The second-order valence-electron chi connectivity index (χ2n) is 5.81. The molecule has 128 valence electrons. The van der Waals surface area contributed by atoms with Crippen LogP contribution in [-0.4, -0.2) is 15.5 Å². The van der Waals surface area contributed by atoms with Crippen molar-refractivity contribution in [2.45, 2.75) is 26.8 Å². The lowest BCUT2D eigenvalue weighted by atomic mass is 10.2. The van der Waals surface area contributed by atoms with Crippen LogP contribution in [0.4, 0.5) is 10.1 Å². The topological polar surface area (TPSA) is 64.0 Å². The van der Waals surface area contributed by atoms with E-state index in [4.69, 9.17) is 0 Å². The molecule has 0 radical (unpaired) electrons. The Kier molecular flexibility index (Phi) is 4.61. The van der Waals surface area contributed by atoms with E-state index in [0.29, 0.717) is 34.4 Å². The number of nitrogens with one attached hydrogen (secondary N) is 1. The summed E-state index contributed by atoms with van der Waals surface area (Å²) in [7, 11) is 0. The van der Waals surface area contributed by atoms with Crippen molar-refractivity contribution >= 4 is 22.5 Å².